The highest BCUT2D eigenvalue weighted by Gasteiger charge is 2.20. The molecule has 0 bridgehead atoms. The van der Waals surface area contributed by atoms with Crippen LogP contribution in [0.4, 0.5) is 15.1 Å². The third kappa shape index (κ3) is 3.82. The van der Waals surface area contributed by atoms with Gasteiger partial charge in [0.2, 0.25) is 10.3 Å². The lowest BCUT2D eigenvalue weighted by Gasteiger charge is -2.31. The zero-order valence-electron chi connectivity index (χ0n) is 12.3. The Hall–Kier alpha value is -1.41. The van der Waals surface area contributed by atoms with Gasteiger partial charge in [-0.15, -0.1) is 10.2 Å². The second kappa shape index (κ2) is 6.57. The minimum atomic E-state index is -0.164. The van der Waals surface area contributed by atoms with Crippen molar-refractivity contribution in [2.45, 2.75) is 31.7 Å². The van der Waals surface area contributed by atoms with Crippen LogP contribution in [0.3, 0.4) is 0 Å². The van der Waals surface area contributed by atoms with Crippen molar-refractivity contribution in [3.63, 3.8) is 0 Å². The first-order valence-corrected chi connectivity index (χ1v) is 8.37. The molecule has 0 atom stereocenters. The summed E-state index contributed by atoms with van der Waals surface area (Å²) < 4.78 is 0. The maximum Gasteiger partial charge on any atom is 0.321 e. The molecule has 2 aliphatic rings. The maximum atomic E-state index is 11.9. The van der Waals surface area contributed by atoms with E-state index in [1.165, 1.54) is 24.2 Å². The van der Waals surface area contributed by atoms with Gasteiger partial charge < -0.3 is 15.1 Å². The van der Waals surface area contributed by atoms with E-state index in [2.05, 4.69) is 37.7 Å². The standard InChI is InChI=1S/C13H22N6OS/c1-18-6-8-19(9-7-18)13-17-16-12(21-13)15-11(20)14-10-4-2-3-5-10/h10H,2-9H2,1H3,(H2,14,15,16,20). The fourth-order valence-electron chi connectivity index (χ4n) is 2.78. The molecular weight excluding hydrogens is 288 g/mol. The summed E-state index contributed by atoms with van der Waals surface area (Å²) >= 11 is 1.44. The van der Waals surface area contributed by atoms with Gasteiger partial charge in [0, 0.05) is 32.2 Å². The largest absolute Gasteiger partial charge is 0.344 e. The molecule has 1 aromatic rings. The SMILES string of the molecule is CN1CCN(c2nnc(NC(=O)NC3CCCC3)s2)CC1. The van der Waals surface area contributed by atoms with Gasteiger partial charge in [0.25, 0.3) is 0 Å². The van der Waals surface area contributed by atoms with Crippen LogP contribution >= 0.6 is 11.3 Å². The Morgan fingerprint density at radius 3 is 2.62 bits per heavy atom. The van der Waals surface area contributed by atoms with E-state index in [0.717, 1.165) is 44.2 Å². The number of hydrogen-bond acceptors (Lipinski definition) is 6. The summed E-state index contributed by atoms with van der Waals surface area (Å²) in [6, 6.07) is 0.151. The summed E-state index contributed by atoms with van der Waals surface area (Å²) in [5.74, 6) is 0. The molecule has 21 heavy (non-hydrogen) atoms. The summed E-state index contributed by atoms with van der Waals surface area (Å²) in [4.78, 5) is 16.4. The molecule has 7 nitrogen and oxygen atoms in total. The Morgan fingerprint density at radius 1 is 1.19 bits per heavy atom. The number of anilines is 2. The Bertz CT molecular complexity index is 479. The predicted octanol–water partition coefficient (Wildman–Crippen LogP) is 1.35. The van der Waals surface area contributed by atoms with E-state index in [1.54, 1.807) is 0 Å². The third-order valence-electron chi connectivity index (χ3n) is 4.10. The molecule has 116 valence electrons. The van der Waals surface area contributed by atoms with Crippen molar-refractivity contribution in [1.82, 2.24) is 20.4 Å². The quantitative estimate of drug-likeness (QED) is 0.882. The minimum absolute atomic E-state index is 0.164. The van der Waals surface area contributed by atoms with Crippen LogP contribution < -0.4 is 15.5 Å². The van der Waals surface area contributed by atoms with Crippen molar-refractivity contribution in [2.75, 3.05) is 43.4 Å². The second-order valence-electron chi connectivity index (χ2n) is 5.76. The van der Waals surface area contributed by atoms with Gasteiger partial charge in [-0.25, -0.2) is 4.79 Å². The molecule has 2 heterocycles. The van der Waals surface area contributed by atoms with Crippen LogP contribution in [0.1, 0.15) is 25.7 Å². The first-order valence-electron chi connectivity index (χ1n) is 7.55. The lowest BCUT2D eigenvalue weighted by Crippen LogP contribution is -2.44. The number of amides is 2. The molecule has 0 unspecified atom stereocenters. The number of urea groups is 1. The van der Waals surface area contributed by atoms with Gasteiger partial charge in [0.15, 0.2) is 0 Å². The van der Waals surface area contributed by atoms with Gasteiger partial charge >= 0.3 is 6.03 Å². The molecule has 2 N–H and O–H groups in total. The van der Waals surface area contributed by atoms with E-state index in [9.17, 15) is 4.79 Å². The number of carbonyl (C=O) groups excluding carboxylic acids is 1. The van der Waals surface area contributed by atoms with Crippen molar-refractivity contribution >= 4 is 27.6 Å². The van der Waals surface area contributed by atoms with Crippen LogP contribution in [0.15, 0.2) is 0 Å². The molecule has 1 saturated carbocycles. The molecular formula is C13H22N6OS. The van der Waals surface area contributed by atoms with Gasteiger partial charge in [-0.1, -0.05) is 24.2 Å². The van der Waals surface area contributed by atoms with E-state index in [1.807, 2.05) is 0 Å². The molecule has 1 aliphatic carbocycles. The summed E-state index contributed by atoms with van der Waals surface area (Å²) in [5.41, 5.74) is 0. The van der Waals surface area contributed by atoms with E-state index in [4.69, 9.17) is 0 Å². The summed E-state index contributed by atoms with van der Waals surface area (Å²) in [6.07, 6.45) is 4.57. The third-order valence-corrected chi connectivity index (χ3v) is 5.00. The second-order valence-corrected chi connectivity index (χ2v) is 6.72. The predicted molar refractivity (Wildman–Crippen MR) is 84.0 cm³/mol. The number of rotatable bonds is 3. The number of aromatic nitrogens is 2. The highest BCUT2D eigenvalue weighted by atomic mass is 32.1. The molecule has 2 fully saturated rings. The average Bonchev–Trinajstić information content (AvgIpc) is 3.11. The minimum Gasteiger partial charge on any atom is -0.344 e. The Labute approximate surface area is 128 Å². The molecule has 0 radical (unpaired) electrons. The van der Waals surface area contributed by atoms with Crippen LogP contribution in [-0.4, -0.2) is 60.4 Å². The maximum absolute atomic E-state index is 11.9. The lowest BCUT2D eigenvalue weighted by atomic mass is 10.3. The fraction of sp³-hybridized carbons (Fsp3) is 0.769. The summed E-state index contributed by atoms with van der Waals surface area (Å²) in [7, 11) is 2.12. The van der Waals surface area contributed by atoms with Gasteiger partial charge in [-0.3, -0.25) is 5.32 Å². The Kier molecular flexibility index (Phi) is 4.54. The number of likely N-dealkylation sites (N-methyl/N-ethyl adjacent to an activating group) is 1. The molecule has 2 amide bonds. The average molecular weight is 310 g/mol. The molecule has 1 saturated heterocycles. The van der Waals surface area contributed by atoms with Crippen molar-refractivity contribution in [3.8, 4) is 0 Å². The van der Waals surface area contributed by atoms with E-state index >= 15 is 0 Å². The highest BCUT2D eigenvalue weighted by molar-refractivity contribution is 7.19. The summed E-state index contributed by atoms with van der Waals surface area (Å²) in [5, 5.41) is 15.5. The Balaban J connectivity index is 1.51. The van der Waals surface area contributed by atoms with Crippen molar-refractivity contribution in [1.29, 1.82) is 0 Å². The van der Waals surface area contributed by atoms with Crippen molar-refractivity contribution in [3.05, 3.63) is 0 Å². The van der Waals surface area contributed by atoms with Crippen LogP contribution in [0.25, 0.3) is 0 Å². The van der Waals surface area contributed by atoms with Gasteiger partial charge in [0.1, 0.15) is 0 Å². The topological polar surface area (TPSA) is 73.4 Å². The number of nitrogens with zero attached hydrogens (tertiary/aromatic N) is 4. The van der Waals surface area contributed by atoms with Crippen LogP contribution in [0.5, 0.6) is 0 Å². The lowest BCUT2D eigenvalue weighted by molar-refractivity contribution is 0.248. The van der Waals surface area contributed by atoms with Crippen molar-refractivity contribution in [2.24, 2.45) is 0 Å². The number of hydrogen-bond donors (Lipinski definition) is 2. The molecule has 0 aromatic carbocycles. The zero-order valence-corrected chi connectivity index (χ0v) is 13.2. The molecule has 3 rings (SSSR count). The van der Waals surface area contributed by atoms with Crippen molar-refractivity contribution < 1.29 is 4.79 Å². The van der Waals surface area contributed by atoms with Crippen LogP contribution in [0, 0.1) is 0 Å². The smallest absolute Gasteiger partial charge is 0.321 e. The Morgan fingerprint density at radius 2 is 1.90 bits per heavy atom. The van der Waals surface area contributed by atoms with Crippen LogP contribution in [0.2, 0.25) is 0 Å². The van der Waals surface area contributed by atoms with E-state index < -0.39 is 0 Å². The fourth-order valence-corrected chi connectivity index (χ4v) is 3.57. The van der Waals surface area contributed by atoms with Gasteiger partial charge in [-0.2, -0.15) is 0 Å². The molecule has 8 heteroatoms. The number of carbonyl (C=O) groups is 1. The first-order chi connectivity index (χ1) is 10.2. The van der Waals surface area contributed by atoms with E-state index in [0.29, 0.717) is 11.2 Å². The molecule has 0 spiro atoms. The molecule has 1 aromatic heterocycles. The number of piperazine rings is 1. The highest BCUT2D eigenvalue weighted by Crippen LogP contribution is 2.25. The summed E-state index contributed by atoms with van der Waals surface area (Å²) in [6.45, 7) is 3.98. The number of nitrogens with one attached hydrogen (secondary N) is 2. The van der Waals surface area contributed by atoms with Gasteiger partial charge in [-0.05, 0) is 19.9 Å². The zero-order chi connectivity index (χ0) is 14.7. The van der Waals surface area contributed by atoms with Crippen LogP contribution in [-0.2, 0) is 0 Å². The first kappa shape index (κ1) is 14.5. The van der Waals surface area contributed by atoms with Gasteiger partial charge in [0.05, 0.1) is 0 Å². The normalized spacial score (nSPS) is 20.7. The van der Waals surface area contributed by atoms with E-state index in [-0.39, 0.29) is 6.03 Å². The molecule has 1 aliphatic heterocycles. The monoisotopic (exact) mass is 310 g/mol.